The third-order valence-electron chi connectivity index (χ3n) is 2.87. The smallest absolute Gasteiger partial charge is 1.00 e. The van der Waals surface area contributed by atoms with Gasteiger partial charge in [0.25, 0.3) is 5.56 Å². The molecule has 1 fully saturated rings. The molecule has 1 aliphatic rings. The van der Waals surface area contributed by atoms with E-state index in [9.17, 15) is 24.4 Å². The molecule has 16 heteroatoms. The van der Waals surface area contributed by atoms with Crippen LogP contribution in [-0.2, 0) is 13.8 Å². The standard InChI is InChI=1S/C9H13N2O9P.4Na.4H/c12-5-1-2-11(9(15)10-5)8-7(14)6(13)4(20-8)3-19-21(16,17)18;;;;;;;;/h1-2,4,6-8,13-14H,3H2,(H,10,12,15)(H2,16,17,18);;;;;;;;/q;4*+1;4*-1/t4-,6-,7-,8-;;;;;;;;/m1......../s1. The number of phosphoric ester groups is 1. The number of hydrogen-bond acceptors (Lipinski definition) is 7. The van der Waals surface area contributed by atoms with Crippen LogP contribution in [0.4, 0.5) is 0 Å². The number of nitrogens with zero attached hydrogens (tertiary/aromatic N) is 1. The Bertz CT molecular complexity index is 696. The predicted molar refractivity (Wildman–Crippen MR) is 69.7 cm³/mol. The van der Waals surface area contributed by atoms with Crippen LogP contribution in [0.25, 0.3) is 0 Å². The molecule has 0 aliphatic carbocycles. The van der Waals surface area contributed by atoms with E-state index in [0.717, 1.165) is 16.8 Å². The van der Waals surface area contributed by atoms with Crippen LogP contribution in [0.3, 0.4) is 0 Å². The molecule has 0 saturated carbocycles. The van der Waals surface area contributed by atoms with Gasteiger partial charge in [-0.1, -0.05) is 0 Å². The fraction of sp³-hybridized carbons (Fsp3) is 0.556. The van der Waals surface area contributed by atoms with Gasteiger partial charge < -0.3 is 30.4 Å². The first kappa shape index (κ1) is 32.3. The summed E-state index contributed by atoms with van der Waals surface area (Å²) in [5.74, 6) is 0. The molecule has 1 aromatic heterocycles. The van der Waals surface area contributed by atoms with Gasteiger partial charge in [-0.25, -0.2) is 9.36 Å². The van der Waals surface area contributed by atoms with E-state index in [1.165, 1.54) is 0 Å². The molecule has 2 heterocycles. The normalized spacial score (nSPS) is 25.0. The molecule has 0 amide bonds. The number of aromatic amines is 1. The van der Waals surface area contributed by atoms with Gasteiger partial charge in [0.15, 0.2) is 6.23 Å². The topological polar surface area (TPSA) is 171 Å². The van der Waals surface area contributed by atoms with Crippen molar-refractivity contribution in [2.75, 3.05) is 6.61 Å². The molecule has 5 N–H and O–H groups in total. The molecule has 126 valence electrons. The number of ether oxygens (including phenoxy) is 1. The molecule has 1 aromatic rings. The van der Waals surface area contributed by atoms with E-state index in [1.54, 1.807) is 0 Å². The van der Waals surface area contributed by atoms with E-state index in [4.69, 9.17) is 14.5 Å². The van der Waals surface area contributed by atoms with Crippen LogP contribution in [0.1, 0.15) is 11.9 Å². The Labute approximate surface area is 236 Å². The third-order valence-corrected chi connectivity index (χ3v) is 3.35. The van der Waals surface area contributed by atoms with Crippen LogP contribution >= 0.6 is 7.82 Å². The molecule has 1 aliphatic heterocycles. The summed E-state index contributed by atoms with van der Waals surface area (Å²) >= 11 is 0. The summed E-state index contributed by atoms with van der Waals surface area (Å²) in [5.41, 5.74) is -1.51. The van der Waals surface area contributed by atoms with Gasteiger partial charge in [-0.05, 0) is 0 Å². The zero-order valence-corrected chi connectivity index (χ0v) is 23.3. The Kier molecular flexibility index (Phi) is 17.9. The summed E-state index contributed by atoms with van der Waals surface area (Å²) in [5, 5.41) is 19.6. The fourth-order valence-electron chi connectivity index (χ4n) is 1.89. The second-order valence-corrected chi connectivity index (χ2v) is 5.59. The van der Waals surface area contributed by atoms with Gasteiger partial charge in [0.05, 0.1) is 6.61 Å². The van der Waals surface area contributed by atoms with E-state index in [2.05, 4.69) is 4.52 Å². The molecular weight excluding hydrogens is 403 g/mol. The van der Waals surface area contributed by atoms with Crippen LogP contribution in [-0.4, -0.2) is 54.5 Å². The Morgan fingerprint density at radius 3 is 2.24 bits per heavy atom. The molecule has 0 unspecified atom stereocenters. The van der Waals surface area contributed by atoms with E-state index < -0.39 is 50.2 Å². The van der Waals surface area contributed by atoms with E-state index in [1.807, 2.05) is 4.98 Å². The van der Waals surface area contributed by atoms with Crippen LogP contribution < -0.4 is 129 Å². The van der Waals surface area contributed by atoms with Crippen molar-refractivity contribution >= 4 is 7.82 Å². The number of aromatic nitrogens is 2. The summed E-state index contributed by atoms with van der Waals surface area (Å²) < 4.78 is 20.8. The Balaban J connectivity index is -0.000000121. The summed E-state index contributed by atoms with van der Waals surface area (Å²) in [6.07, 6.45) is -4.58. The van der Waals surface area contributed by atoms with Crippen molar-refractivity contribution in [1.29, 1.82) is 0 Å². The van der Waals surface area contributed by atoms with Crippen LogP contribution in [0.2, 0.25) is 0 Å². The third kappa shape index (κ3) is 9.35. The van der Waals surface area contributed by atoms with Crippen LogP contribution in [0, 0.1) is 0 Å². The van der Waals surface area contributed by atoms with Gasteiger partial charge in [0.2, 0.25) is 0 Å². The molecule has 4 atom stereocenters. The second kappa shape index (κ2) is 13.8. The van der Waals surface area contributed by atoms with Crippen molar-refractivity contribution < 1.29 is 158 Å². The average molecular weight is 420 g/mol. The monoisotopic (exact) mass is 420 g/mol. The number of phosphoric acid groups is 1. The van der Waals surface area contributed by atoms with Crippen LogP contribution in [0.15, 0.2) is 21.9 Å². The summed E-state index contributed by atoms with van der Waals surface area (Å²) in [6, 6.07) is 1.02. The fourth-order valence-corrected chi connectivity index (χ4v) is 2.24. The largest absolute Gasteiger partial charge is 1.00 e. The van der Waals surface area contributed by atoms with Gasteiger partial charge in [0, 0.05) is 12.3 Å². The van der Waals surface area contributed by atoms with E-state index in [-0.39, 0.29) is 124 Å². The quantitative estimate of drug-likeness (QED) is 0.234. The molecule has 0 bridgehead atoms. The molecule has 11 nitrogen and oxygen atoms in total. The molecule has 25 heavy (non-hydrogen) atoms. The first-order valence-electron chi connectivity index (χ1n) is 5.72. The van der Waals surface area contributed by atoms with Gasteiger partial charge in [0.1, 0.15) is 18.3 Å². The average Bonchev–Trinajstić information content (AvgIpc) is 2.64. The Hall–Kier alpha value is 2.67. The Morgan fingerprint density at radius 1 is 1.20 bits per heavy atom. The minimum absolute atomic E-state index is 0. The van der Waals surface area contributed by atoms with Crippen molar-refractivity contribution in [2.24, 2.45) is 0 Å². The molecule has 0 aromatic carbocycles. The van der Waals surface area contributed by atoms with Crippen molar-refractivity contribution in [3.63, 3.8) is 0 Å². The van der Waals surface area contributed by atoms with Crippen molar-refractivity contribution in [3.8, 4) is 0 Å². The van der Waals surface area contributed by atoms with Crippen molar-refractivity contribution in [1.82, 2.24) is 9.55 Å². The van der Waals surface area contributed by atoms with E-state index >= 15 is 0 Å². The number of H-pyrrole nitrogens is 1. The Morgan fingerprint density at radius 2 is 1.76 bits per heavy atom. The van der Waals surface area contributed by atoms with Gasteiger partial charge >= 0.3 is 132 Å². The first-order valence-corrected chi connectivity index (χ1v) is 7.25. The van der Waals surface area contributed by atoms with Gasteiger partial charge in [-0.15, -0.1) is 0 Å². The van der Waals surface area contributed by atoms with Crippen LogP contribution in [0.5, 0.6) is 0 Å². The van der Waals surface area contributed by atoms with Gasteiger partial charge in [-0.3, -0.25) is 18.9 Å². The number of aliphatic hydroxyl groups is 2. The minimum atomic E-state index is -4.76. The second-order valence-electron chi connectivity index (χ2n) is 4.35. The van der Waals surface area contributed by atoms with Gasteiger partial charge in [-0.2, -0.15) is 0 Å². The minimum Gasteiger partial charge on any atom is -1.00 e. The SMILES string of the molecule is O=c1ccn([C@@H]2O[C@H](COP(=O)(O)O)[C@@H](O)[C@H]2O)c(=O)[nH]1.[H-].[H-].[H-].[H-].[Na+].[Na+].[Na+].[Na+]. The summed E-state index contributed by atoms with van der Waals surface area (Å²) in [4.78, 5) is 41.6. The summed E-state index contributed by atoms with van der Waals surface area (Å²) in [7, 11) is -4.76. The maximum Gasteiger partial charge on any atom is 1.00 e. The maximum absolute atomic E-state index is 11.6. The predicted octanol–water partition coefficient (Wildman–Crippen LogP) is -14.3. The molecular formula is C9H17N2Na4O9P. The zero-order valence-electron chi connectivity index (χ0n) is 18.4. The number of hydrogen-bond donors (Lipinski definition) is 5. The molecule has 1 saturated heterocycles. The molecule has 0 radical (unpaired) electrons. The van der Waals surface area contributed by atoms with Crippen molar-refractivity contribution in [3.05, 3.63) is 33.1 Å². The maximum atomic E-state index is 11.6. The molecule has 0 spiro atoms. The summed E-state index contributed by atoms with van der Waals surface area (Å²) in [6.45, 7) is -0.683. The zero-order chi connectivity index (χ0) is 15.8. The first-order chi connectivity index (χ1) is 9.69. The van der Waals surface area contributed by atoms with E-state index in [0.29, 0.717) is 0 Å². The number of aliphatic hydroxyl groups excluding tert-OH is 2. The number of nitrogens with one attached hydrogen (secondary N) is 1. The van der Waals surface area contributed by atoms with Crippen molar-refractivity contribution in [2.45, 2.75) is 24.5 Å². The number of rotatable bonds is 4. The molecule has 2 rings (SSSR count).